The normalized spacial score (nSPS) is 12.0. The van der Waals surface area contributed by atoms with Crippen molar-refractivity contribution in [3.63, 3.8) is 0 Å². The number of hydrogen-bond donors (Lipinski definition) is 1. The van der Waals surface area contributed by atoms with Crippen molar-refractivity contribution in [3.8, 4) is 5.75 Å². The van der Waals surface area contributed by atoms with Gasteiger partial charge in [0.05, 0.1) is 11.0 Å². The summed E-state index contributed by atoms with van der Waals surface area (Å²) in [4.78, 5) is 28.9. The number of benzene rings is 2. The third-order valence-electron chi connectivity index (χ3n) is 4.69. The van der Waals surface area contributed by atoms with E-state index in [4.69, 9.17) is 9.47 Å². The summed E-state index contributed by atoms with van der Waals surface area (Å²) >= 11 is 0. The molecule has 1 amide bonds. The number of hydrogen-bond acceptors (Lipinski definition) is 5. The lowest BCUT2D eigenvalue weighted by Crippen LogP contribution is -2.31. The molecule has 0 spiro atoms. The average molecular weight is 409 g/mol. The smallest absolute Gasteiger partial charge is 0.267 e. The first-order valence-corrected chi connectivity index (χ1v) is 10.1. The number of nitrogens with one attached hydrogen (secondary N) is 1. The lowest BCUT2D eigenvalue weighted by Gasteiger charge is -2.16. The van der Waals surface area contributed by atoms with Crippen molar-refractivity contribution in [1.82, 2.24) is 9.55 Å². The second kappa shape index (κ2) is 10.0. The molecule has 1 unspecified atom stereocenters. The van der Waals surface area contributed by atoms with Gasteiger partial charge in [0.2, 0.25) is 5.95 Å². The molecule has 0 bridgehead atoms. The third kappa shape index (κ3) is 5.24. The van der Waals surface area contributed by atoms with Gasteiger partial charge in [-0.05, 0) is 51.5 Å². The fraction of sp³-hybridized carbons (Fsp3) is 0.348. The van der Waals surface area contributed by atoms with Crippen molar-refractivity contribution in [2.45, 2.75) is 39.8 Å². The largest absolute Gasteiger partial charge is 0.481 e. The number of anilines is 1. The number of rotatable bonds is 10. The number of amides is 1. The Labute approximate surface area is 176 Å². The van der Waals surface area contributed by atoms with Crippen molar-refractivity contribution in [1.29, 1.82) is 0 Å². The molecule has 0 aliphatic carbocycles. The molecule has 3 rings (SSSR count). The zero-order chi connectivity index (χ0) is 21.5. The summed E-state index contributed by atoms with van der Waals surface area (Å²) in [6.45, 7) is 7.11. The van der Waals surface area contributed by atoms with E-state index < -0.39 is 6.10 Å². The number of ether oxygens (including phenoxy) is 2. The minimum absolute atomic E-state index is 0.0571. The van der Waals surface area contributed by atoms with Crippen molar-refractivity contribution in [3.05, 3.63) is 54.1 Å². The van der Waals surface area contributed by atoms with E-state index in [0.717, 1.165) is 17.5 Å². The van der Waals surface area contributed by atoms with Crippen LogP contribution in [0.3, 0.4) is 0 Å². The van der Waals surface area contributed by atoms with E-state index in [0.29, 0.717) is 37.0 Å². The van der Waals surface area contributed by atoms with Gasteiger partial charge >= 0.3 is 0 Å². The van der Waals surface area contributed by atoms with E-state index in [1.165, 1.54) is 6.92 Å². The van der Waals surface area contributed by atoms with Gasteiger partial charge in [0, 0.05) is 25.3 Å². The molecule has 3 aromatic rings. The number of carbonyl (C=O) groups excluding carboxylic acids is 2. The van der Waals surface area contributed by atoms with Crippen LogP contribution < -0.4 is 10.1 Å². The van der Waals surface area contributed by atoms with Crippen LogP contribution in [0.4, 0.5) is 5.95 Å². The molecule has 0 radical (unpaired) electrons. The summed E-state index contributed by atoms with van der Waals surface area (Å²) in [6.07, 6.45) is 0.0462. The SMILES string of the molecule is CCOCCCn1c(NC(=O)C(C)Oc2cccc(C(C)=O)c2)nc2ccccc21. The van der Waals surface area contributed by atoms with Crippen LogP contribution in [-0.4, -0.2) is 40.6 Å². The molecule has 2 aromatic carbocycles. The molecule has 0 aliphatic heterocycles. The summed E-state index contributed by atoms with van der Waals surface area (Å²) in [5.74, 6) is 0.573. The van der Waals surface area contributed by atoms with Gasteiger partial charge in [-0.3, -0.25) is 14.9 Å². The molecule has 0 saturated carbocycles. The topological polar surface area (TPSA) is 82.5 Å². The Morgan fingerprint density at radius 3 is 2.73 bits per heavy atom. The molecular weight excluding hydrogens is 382 g/mol. The minimum Gasteiger partial charge on any atom is -0.481 e. The second-order valence-corrected chi connectivity index (χ2v) is 6.96. The second-order valence-electron chi connectivity index (χ2n) is 6.96. The highest BCUT2D eigenvalue weighted by Gasteiger charge is 2.19. The van der Waals surface area contributed by atoms with Gasteiger partial charge in [-0.15, -0.1) is 0 Å². The molecule has 158 valence electrons. The first-order chi connectivity index (χ1) is 14.5. The molecule has 7 heteroatoms. The summed E-state index contributed by atoms with van der Waals surface area (Å²) in [5, 5.41) is 2.88. The van der Waals surface area contributed by atoms with E-state index in [2.05, 4.69) is 10.3 Å². The molecule has 0 fully saturated rings. The predicted octanol–water partition coefficient (Wildman–Crippen LogP) is 4.07. The Balaban J connectivity index is 1.73. The summed E-state index contributed by atoms with van der Waals surface area (Å²) in [7, 11) is 0. The Bertz CT molecular complexity index is 1030. The number of ketones is 1. The van der Waals surface area contributed by atoms with Gasteiger partial charge in [0.15, 0.2) is 11.9 Å². The van der Waals surface area contributed by atoms with Gasteiger partial charge in [-0.25, -0.2) is 4.98 Å². The van der Waals surface area contributed by atoms with E-state index in [-0.39, 0.29) is 11.7 Å². The van der Waals surface area contributed by atoms with Gasteiger partial charge in [-0.1, -0.05) is 24.3 Å². The van der Waals surface area contributed by atoms with Crippen LogP contribution in [-0.2, 0) is 16.1 Å². The number of imidazole rings is 1. The molecule has 0 saturated heterocycles. The van der Waals surface area contributed by atoms with Gasteiger partial charge in [-0.2, -0.15) is 0 Å². The van der Waals surface area contributed by atoms with E-state index in [1.54, 1.807) is 31.2 Å². The maximum absolute atomic E-state index is 12.8. The first-order valence-electron chi connectivity index (χ1n) is 10.1. The summed E-state index contributed by atoms with van der Waals surface area (Å²) in [5.41, 5.74) is 2.30. The zero-order valence-corrected chi connectivity index (χ0v) is 17.6. The van der Waals surface area contributed by atoms with E-state index in [9.17, 15) is 9.59 Å². The molecule has 30 heavy (non-hydrogen) atoms. The number of para-hydroxylation sites is 2. The van der Waals surface area contributed by atoms with E-state index >= 15 is 0 Å². The Hall–Kier alpha value is -3.19. The van der Waals surface area contributed by atoms with Crippen LogP contribution in [0.2, 0.25) is 0 Å². The molecule has 1 aromatic heterocycles. The monoisotopic (exact) mass is 409 g/mol. The average Bonchev–Trinajstić information content (AvgIpc) is 3.08. The number of fused-ring (bicyclic) bond motifs is 1. The van der Waals surface area contributed by atoms with Crippen molar-refractivity contribution in [2.75, 3.05) is 18.5 Å². The maximum Gasteiger partial charge on any atom is 0.267 e. The van der Waals surface area contributed by atoms with Gasteiger partial charge in [0.25, 0.3) is 5.91 Å². The molecule has 7 nitrogen and oxygen atoms in total. The van der Waals surface area contributed by atoms with E-state index in [1.807, 2.05) is 35.8 Å². The highest BCUT2D eigenvalue weighted by atomic mass is 16.5. The molecule has 1 N–H and O–H groups in total. The maximum atomic E-state index is 12.8. The lowest BCUT2D eigenvalue weighted by molar-refractivity contribution is -0.122. The van der Waals surface area contributed by atoms with Crippen molar-refractivity contribution in [2.24, 2.45) is 0 Å². The third-order valence-corrected chi connectivity index (χ3v) is 4.69. The summed E-state index contributed by atoms with van der Waals surface area (Å²) in [6, 6.07) is 14.6. The zero-order valence-electron chi connectivity index (χ0n) is 17.6. The Morgan fingerprint density at radius 1 is 1.17 bits per heavy atom. The Morgan fingerprint density at radius 2 is 1.97 bits per heavy atom. The molecular formula is C23H27N3O4. The molecule has 1 atom stereocenters. The highest BCUT2D eigenvalue weighted by Crippen LogP contribution is 2.21. The van der Waals surface area contributed by atoms with Crippen LogP contribution >= 0.6 is 0 Å². The number of Topliss-reactive ketones (excluding diaryl/α,β-unsaturated/α-hetero) is 1. The minimum atomic E-state index is -0.760. The quantitative estimate of drug-likeness (QED) is 0.403. The highest BCUT2D eigenvalue weighted by molar-refractivity contribution is 5.95. The van der Waals surface area contributed by atoms with Crippen molar-refractivity contribution < 1.29 is 19.1 Å². The number of aryl methyl sites for hydroxylation is 1. The van der Waals surface area contributed by atoms with Crippen LogP contribution in [0.15, 0.2) is 48.5 Å². The standard InChI is InChI=1S/C23H27N3O4/c1-4-29-14-8-13-26-21-12-6-5-11-20(21)24-23(26)25-22(28)17(3)30-19-10-7-9-18(15-19)16(2)27/h5-7,9-12,15,17H,4,8,13-14H2,1-3H3,(H,24,25,28). The van der Waals surface area contributed by atoms with Crippen LogP contribution in [0.25, 0.3) is 11.0 Å². The van der Waals surface area contributed by atoms with Gasteiger partial charge < -0.3 is 14.0 Å². The van der Waals surface area contributed by atoms with Crippen LogP contribution in [0.5, 0.6) is 5.75 Å². The number of aromatic nitrogens is 2. The molecule has 0 aliphatic rings. The lowest BCUT2D eigenvalue weighted by atomic mass is 10.1. The van der Waals surface area contributed by atoms with Gasteiger partial charge in [0.1, 0.15) is 5.75 Å². The first kappa shape index (κ1) is 21.5. The van der Waals surface area contributed by atoms with Crippen molar-refractivity contribution >= 4 is 28.7 Å². The fourth-order valence-electron chi connectivity index (χ4n) is 3.12. The number of carbonyl (C=O) groups is 2. The Kier molecular flexibility index (Phi) is 7.19. The summed E-state index contributed by atoms with van der Waals surface area (Å²) < 4.78 is 13.2. The number of nitrogens with zero attached hydrogens (tertiary/aromatic N) is 2. The molecule has 1 heterocycles. The van der Waals surface area contributed by atoms with Crippen LogP contribution in [0.1, 0.15) is 37.6 Å². The van der Waals surface area contributed by atoms with Crippen LogP contribution in [0, 0.1) is 0 Å². The fourth-order valence-corrected chi connectivity index (χ4v) is 3.12. The predicted molar refractivity (Wildman–Crippen MR) is 116 cm³/mol.